The van der Waals surface area contributed by atoms with Crippen molar-refractivity contribution < 1.29 is 14.0 Å². The molecule has 1 aliphatic heterocycles. The van der Waals surface area contributed by atoms with Gasteiger partial charge in [-0.2, -0.15) is 0 Å². The van der Waals surface area contributed by atoms with Crippen LogP contribution in [0.2, 0.25) is 5.02 Å². The Morgan fingerprint density at radius 2 is 1.78 bits per heavy atom. The summed E-state index contributed by atoms with van der Waals surface area (Å²) in [4.78, 5) is 26.0. The van der Waals surface area contributed by atoms with Crippen molar-refractivity contribution in [2.24, 2.45) is 0 Å². The number of imide groups is 1. The number of amides is 3. The second-order valence-corrected chi connectivity index (χ2v) is 5.92. The minimum atomic E-state index is -1.26. The fourth-order valence-electron chi connectivity index (χ4n) is 2.69. The van der Waals surface area contributed by atoms with Gasteiger partial charge in [0.05, 0.1) is 6.54 Å². The van der Waals surface area contributed by atoms with Crippen LogP contribution >= 0.6 is 11.6 Å². The van der Waals surface area contributed by atoms with Crippen molar-refractivity contribution in [2.75, 3.05) is 0 Å². The van der Waals surface area contributed by atoms with Crippen LogP contribution in [0.1, 0.15) is 18.1 Å². The molecule has 0 saturated carbocycles. The summed E-state index contributed by atoms with van der Waals surface area (Å²) in [6.07, 6.45) is 0. The van der Waals surface area contributed by atoms with Crippen LogP contribution < -0.4 is 5.32 Å². The van der Waals surface area contributed by atoms with Crippen molar-refractivity contribution in [3.63, 3.8) is 0 Å². The highest BCUT2D eigenvalue weighted by molar-refractivity contribution is 6.32. The average Bonchev–Trinajstić information content (AvgIpc) is 2.74. The topological polar surface area (TPSA) is 49.4 Å². The molecule has 1 atom stereocenters. The van der Waals surface area contributed by atoms with E-state index in [0.717, 1.165) is 4.90 Å². The van der Waals surface area contributed by atoms with Crippen LogP contribution in [0.4, 0.5) is 9.18 Å². The van der Waals surface area contributed by atoms with Gasteiger partial charge in [-0.05, 0) is 19.1 Å². The first kappa shape index (κ1) is 15.5. The van der Waals surface area contributed by atoms with Crippen LogP contribution in [-0.4, -0.2) is 16.8 Å². The summed E-state index contributed by atoms with van der Waals surface area (Å²) in [5, 5.41) is 3.04. The first-order valence-corrected chi connectivity index (χ1v) is 7.44. The lowest BCUT2D eigenvalue weighted by atomic mass is 9.92. The number of hydrogen-bond donors (Lipinski definition) is 1. The van der Waals surface area contributed by atoms with E-state index in [9.17, 15) is 14.0 Å². The van der Waals surface area contributed by atoms with E-state index in [1.807, 2.05) is 0 Å². The average molecular weight is 333 g/mol. The summed E-state index contributed by atoms with van der Waals surface area (Å²) in [6.45, 7) is 1.47. The molecule has 0 bridgehead atoms. The molecule has 1 saturated heterocycles. The summed E-state index contributed by atoms with van der Waals surface area (Å²) in [5.41, 5.74) is -0.476. The zero-order valence-corrected chi connectivity index (χ0v) is 13.1. The third kappa shape index (κ3) is 2.57. The number of nitrogens with one attached hydrogen (secondary N) is 1. The van der Waals surface area contributed by atoms with Gasteiger partial charge < -0.3 is 5.32 Å². The molecular weight excluding hydrogens is 319 g/mol. The van der Waals surface area contributed by atoms with Crippen LogP contribution in [0.25, 0.3) is 0 Å². The molecule has 1 fully saturated rings. The van der Waals surface area contributed by atoms with E-state index in [1.54, 1.807) is 49.4 Å². The number of nitrogens with zero attached hydrogens (tertiary/aromatic N) is 1. The molecule has 118 valence electrons. The molecule has 2 aromatic carbocycles. The third-order valence-electron chi connectivity index (χ3n) is 3.97. The molecule has 0 unspecified atom stereocenters. The fourth-order valence-corrected chi connectivity index (χ4v) is 3.01. The fraction of sp³-hybridized carbons (Fsp3) is 0.176. The zero-order chi connectivity index (χ0) is 16.6. The third-order valence-corrected chi connectivity index (χ3v) is 4.30. The van der Waals surface area contributed by atoms with E-state index >= 15 is 0 Å². The Morgan fingerprint density at radius 3 is 2.48 bits per heavy atom. The Bertz CT molecular complexity index is 796. The molecule has 6 heteroatoms. The van der Waals surface area contributed by atoms with Crippen LogP contribution in [0, 0.1) is 5.82 Å². The quantitative estimate of drug-likeness (QED) is 0.875. The molecule has 1 aliphatic rings. The van der Waals surface area contributed by atoms with Crippen molar-refractivity contribution in [1.82, 2.24) is 10.2 Å². The molecule has 0 spiro atoms. The summed E-state index contributed by atoms with van der Waals surface area (Å²) < 4.78 is 13.8. The van der Waals surface area contributed by atoms with E-state index < -0.39 is 23.3 Å². The van der Waals surface area contributed by atoms with Gasteiger partial charge >= 0.3 is 6.03 Å². The van der Waals surface area contributed by atoms with Crippen molar-refractivity contribution >= 4 is 23.5 Å². The van der Waals surface area contributed by atoms with Gasteiger partial charge in [-0.25, -0.2) is 9.18 Å². The van der Waals surface area contributed by atoms with Gasteiger partial charge in [-0.1, -0.05) is 48.0 Å². The summed E-state index contributed by atoms with van der Waals surface area (Å²) in [6, 6.07) is 12.3. The second-order valence-electron chi connectivity index (χ2n) is 5.52. The lowest BCUT2D eigenvalue weighted by Crippen LogP contribution is -2.41. The Morgan fingerprint density at radius 1 is 1.13 bits per heavy atom. The van der Waals surface area contributed by atoms with Gasteiger partial charge in [0.1, 0.15) is 11.4 Å². The number of benzene rings is 2. The van der Waals surface area contributed by atoms with Gasteiger partial charge in [0.25, 0.3) is 5.91 Å². The first-order valence-electron chi connectivity index (χ1n) is 7.06. The van der Waals surface area contributed by atoms with Crippen molar-refractivity contribution in [1.29, 1.82) is 0 Å². The molecule has 3 amide bonds. The summed E-state index contributed by atoms with van der Waals surface area (Å²) in [7, 11) is 0. The Kier molecular flexibility index (Phi) is 3.82. The number of urea groups is 1. The SMILES string of the molecule is C[C@@]1(c2ccccc2Cl)NC(=O)N(Cc2ccccc2F)C1=O. The lowest BCUT2D eigenvalue weighted by molar-refractivity contribution is -0.131. The van der Waals surface area contributed by atoms with Crippen LogP contribution in [0.3, 0.4) is 0 Å². The number of hydrogen-bond acceptors (Lipinski definition) is 2. The molecule has 4 nitrogen and oxygen atoms in total. The van der Waals surface area contributed by atoms with Gasteiger partial charge in [0, 0.05) is 16.1 Å². The number of carbonyl (C=O) groups excluding carboxylic acids is 2. The van der Waals surface area contributed by atoms with Gasteiger partial charge in [-0.3, -0.25) is 9.69 Å². The maximum atomic E-state index is 13.8. The van der Waals surface area contributed by atoms with Crippen molar-refractivity contribution in [2.45, 2.75) is 19.0 Å². The molecule has 0 radical (unpaired) electrons. The molecular formula is C17H14ClFN2O2. The molecule has 1 N–H and O–H groups in total. The van der Waals surface area contributed by atoms with E-state index in [1.165, 1.54) is 6.07 Å². The minimum Gasteiger partial charge on any atom is -0.319 e. The molecule has 1 heterocycles. The maximum Gasteiger partial charge on any atom is 0.325 e. The molecule has 23 heavy (non-hydrogen) atoms. The van der Waals surface area contributed by atoms with Crippen LogP contribution in [-0.2, 0) is 16.9 Å². The number of rotatable bonds is 3. The molecule has 0 aliphatic carbocycles. The normalized spacial score (nSPS) is 20.7. The van der Waals surface area contributed by atoms with E-state index in [0.29, 0.717) is 10.6 Å². The van der Waals surface area contributed by atoms with Gasteiger partial charge in [-0.15, -0.1) is 0 Å². The first-order chi connectivity index (χ1) is 10.9. The standard InChI is InChI=1S/C17H14ClFN2O2/c1-17(12-7-3-4-8-13(12)18)15(22)21(16(23)20-17)10-11-6-2-5-9-14(11)19/h2-9H,10H2,1H3,(H,20,23)/t17-/m0/s1. The molecule has 0 aromatic heterocycles. The van der Waals surface area contributed by atoms with Crippen molar-refractivity contribution in [3.8, 4) is 0 Å². The maximum absolute atomic E-state index is 13.8. The second kappa shape index (κ2) is 5.66. The largest absolute Gasteiger partial charge is 0.325 e. The highest BCUT2D eigenvalue weighted by atomic mass is 35.5. The van der Waals surface area contributed by atoms with E-state index in [2.05, 4.69) is 5.32 Å². The zero-order valence-electron chi connectivity index (χ0n) is 12.3. The highest BCUT2D eigenvalue weighted by Crippen LogP contribution is 2.34. The predicted molar refractivity (Wildman–Crippen MR) is 84.3 cm³/mol. The van der Waals surface area contributed by atoms with Gasteiger partial charge in [0.2, 0.25) is 0 Å². The number of halogens is 2. The Balaban J connectivity index is 1.94. The monoisotopic (exact) mass is 332 g/mol. The Hall–Kier alpha value is -2.40. The van der Waals surface area contributed by atoms with Gasteiger partial charge in [0.15, 0.2) is 0 Å². The highest BCUT2D eigenvalue weighted by Gasteiger charge is 2.49. The lowest BCUT2D eigenvalue weighted by Gasteiger charge is -2.23. The minimum absolute atomic E-state index is 0.128. The Labute approximate surface area is 137 Å². The molecule has 2 aromatic rings. The summed E-state index contributed by atoms with van der Waals surface area (Å²) >= 11 is 6.16. The van der Waals surface area contributed by atoms with Crippen LogP contribution in [0.15, 0.2) is 48.5 Å². The van der Waals surface area contributed by atoms with E-state index in [-0.39, 0.29) is 12.1 Å². The van der Waals surface area contributed by atoms with Crippen LogP contribution in [0.5, 0.6) is 0 Å². The molecule has 3 rings (SSSR count). The predicted octanol–water partition coefficient (Wildman–Crippen LogP) is 3.45. The smallest absolute Gasteiger partial charge is 0.319 e. The van der Waals surface area contributed by atoms with Crippen molar-refractivity contribution in [3.05, 3.63) is 70.5 Å². The number of carbonyl (C=O) groups is 2. The summed E-state index contributed by atoms with van der Waals surface area (Å²) in [5.74, 6) is -0.918. The van der Waals surface area contributed by atoms with E-state index in [4.69, 9.17) is 11.6 Å².